The van der Waals surface area contributed by atoms with Crippen LogP contribution in [-0.2, 0) is 10.1 Å². The topological polar surface area (TPSA) is 57.2 Å². The molecule has 1 unspecified atom stereocenters. The monoisotopic (exact) mass is 410 g/mol. The fourth-order valence-electron chi connectivity index (χ4n) is 1.38. The Morgan fingerprint density at radius 2 is 1.29 bits per heavy atom. The fourth-order valence-corrected chi connectivity index (χ4v) is 1.83. The Hall–Kier alpha value is 0.210. The predicted octanol–water partition coefficient (Wildman–Crippen LogP) is 0.860. The van der Waals surface area contributed by atoms with Crippen LogP contribution in [0.1, 0.15) is 25.7 Å². The number of hydrogen-bond donors (Lipinski definition) is 0. The quantitative estimate of drug-likeness (QED) is 0.258. The van der Waals surface area contributed by atoms with Crippen LogP contribution >= 0.6 is 0 Å². The molecule has 140 valence electrons. The van der Waals surface area contributed by atoms with Crippen molar-refractivity contribution < 1.29 is 86.4 Å². The van der Waals surface area contributed by atoms with Crippen molar-refractivity contribution in [3.63, 3.8) is 0 Å². The van der Waals surface area contributed by atoms with Gasteiger partial charge in [0.15, 0.2) is 16.3 Å². The van der Waals surface area contributed by atoms with Gasteiger partial charge in [0.1, 0.15) is 0 Å². The Bertz CT molecular complexity index is 504. The summed E-state index contributed by atoms with van der Waals surface area (Å²) in [4.78, 5) is 0. The van der Waals surface area contributed by atoms with E-state index in [4.69, 9.17) is 0 Å². The molecule has 0 aromatic heterocycles. The van der Waals surface area contributed by atoms with Gasteiger partial charge in [-0.15, -0.1) is 0 Å². The molecule has 0 saturated carbocycles. The Labute approximate surface area is 151 Å². The Kier molecular flexibility index (Phi) is 9.11. The predicted molar refractivity (Wildman–Crippen MR) is 54.0 cm³/mol. The van der Waals surface area contributed by atoms with Crippen LogP contribution in [0.3, 0.4) is 0 Å². The molecular weight excluding hydrogens is 401 g/mol. The van der Waals surface area contributed by atoms with Gasteiger partial charge < -0.3 is 4.55 Å². The Balaban J connectivity index is 0. The van der Waals surface area contributed by atoms with Gasteiger partial charge in [-0.3, -0.25) is 0 Å². The summed E-state index contributed by atoms with van der Waals surface area (Å²) in [6, 6.07) is 0. The Morgan fingerprint density at radius 1 is 0.875 bits per heavy atom. The third-order valence-corrected chi connectivity index (χ3v) is 3.54. The largest absolute Gasteiger partial charge is 1.00 e. The van der Waals surface area contributed by atoms with E-state index in [0.717, 1.165) is 0 Å². The summed E-state index contributed by atoms with van der Waals surface area (Å²) in [7, 11) is -7.25. The molecule has 3 nitrogen and oxygen atoms in total. The fraction of sp³-hybridized carbons (Fsp3) is 1.00. The molecule has 0 fully saturated rings. The summed E-state index contributed by atoms with van der Waals surface area (Å²) in [6.45, 7) is 0. The molecule has 1 atom stereocenters. The van der Waals surface area contributed by atoms with Crippen molar-refractivity contribution in [3.8, 4) is 0 Å². The second-order valence-electron chi connectivity index (χ2n) is 4.50. The van der Waals surface area contributed by atoms with E-state index in [1.54, 1.807) is 0 Å². The number of rotatable bonds is 8. The van der Waals surface area contributed by atoms with Gasteiger partial charge in [0, 0.05) is 6.42 Å². The summed E-state index contributed by atoms with van der Waals surface area (Å²) in [5.74, 6) is -13.2. The average Bonchev–Trinajstić information content (AvgIpc) is 2.31. The molecule has 0 radical (unpaired) electrons. The molecule has 0 saturated heterocycles. The molecule has 0 N–H and O–H groups in total. The smallest absolute Gasteiger partial charge is 0.743 e. The van der Waals surface area contributed by atoms with E-state index in [1.165, 1.54) is 0 Å². The van der Waals surface area contributed by atoms with Crippen LogP contribution in [0.25, 0.3) is 0 Å². The van der Waals surface area contributed by atoms with Gasteiger partial charge in [-0.05, 0) is 19.3 Å². The second kappa shape index (κ2) is 8.27. The van der Waals surface area contributed by atoms with E-state index in [0.29, 0.717) is 0 Å². The normalized spacial score (nSPS) is 15.8. The molecule has 0 aliphatic carbocycles. The summed E-state index contributed by atoms with van der Waals surface area (Å²) in [5, 5.41) is -6.81. The zero-order valence-electron chi connectivity index (χ0n) is 11.8. The van der Waals surface area contributed by atoms with Crippen LogP contribution in [0, 0.1) is 0 Å². The van der Waals surface area contributed by atoms with Gasteiger partial charge in [-0.1, -0.05) is 0 Å². The molecule has 0 rings (SSSR count). The van der Waals surface area contributed by atoms with Crippen molar-refractivity contribution in [1.29, 1.82) is 0 Å². The second-order valence-corrected chi connectivity index (χ2v) is 5.92. The van der Waals surface area contributed by atoms with Crippen molar-refractivity contribution >= 4 is 10.1 Å². The summed E-state index contributed by atoms with van der Waals surface area (Å²) in [6.07, 6.45) is -14.0. The van der Waals surface area contributed by atoms with Gasteiger partial charge in [0.05, 0.1) is 0 Å². The maximum atomic E-state index is 13.1. The van der Waals surface area contributed by atoms with Crippen LogP contribution in [0.5, 0.6) is 0 Å². The molecule has 24 heavy (non-hydrogen) atoms. The number of alkyl halides is 10. The molecule has 0 amide bonds. The van der Waals surface area contributed by atoms with Crippen LogP contribution in [-0.4, -0.2) is 42.4 Å². The van der Waals surface area contributed by atoms with E-state index >= 15 is 0 Å². The van der Waals surface area contributed by atoms with Gasteiger partial charge in [0.2, 0.25) is 0 Å². The molecule has 0 aromatic carbocycles. The van der Waals surface area contributed by atoms with Crippen molar-refractivity contribution in [2.75, 3.05) is 0 Å². The number of halogens is 10. The zero-order chi connectivity index (χ0) is 18.9. The standard InChI is InChI=1S/C9H10F10O3S.Na/c10-5(3-1-2-4-6(11,12)13)7(14,15)8(16,17)9(18,19)23(20,21)22;/h5H,1-4H2,(H,20,21,22);/q;+1/p-1. The molecule has 0 aliphatic rings. The molecule has 0 spiro atoms. The van der Waals surface area contributed by atoms with E-state index < -0.39 is 65.2 Å². The SMILES string of the molecule is O=S(=O)([O-])C(F)(F)C(F)(F)C(F)(F)C(F)CCCCC(F)(F)F.[Na+]. The zero-order valence-corrected chi connectivity index (χ0v) is 14.6. The van der Waals surface area contributed by atoms with Crippen LogP contribution < -0.4 is 29.6 Å². The minimum atomic E-state index is -7.25. The van der Waals surface area contributed by atoms with E-state index in [2.05, 4.69) is 0 Å². The molecular formula is C9H9F10NaO3S. The third kappa shape index (κ3) is 5.88. The molecule has 0 heterocycles. The summed E-state index contributed by atoms with van der Waals surface area (Å²) < 4.78 is 155. The van der Waals surface area contributed by atoms with Crippen LogP contribution in [0.2, 0.25) is 0 Å². The van der Waals surface area contributed by atoms with Crippen LogP contribution in [0.4, 0.5) is 43.9 Å². The van der Waals surface area contributed by atoms with E-state index in [1.807, 2.05) is 0 Å². The summed E-state index contributed by atoms with van der Waals surface area (Å²) in [5.41, 5.74) is 0. The minimum absolute atomic E-state index is 0. The van der Waals surface area contributed by atoms with Crippen molar-refractivity contribution in [1.82, 2.24) is 0 Å². The number of hydrogen-bond acceptors (Lipinski definition) is 3. The van der Waals surface area contributed by atoms with E-state index in [-0.39, 0.29) is 29.6 Å². The maximum Gasteiger partial charge on any atom is 1.00 e. The first kappa shape index (κ1) is 26.4. The van der Waals surface area contributed by atoms with Gasteiger partial charge in [-0.2, -0.15) is 39.5 Å². The van der Waals surface area contributed by atoms with Gasteiger partial charge >= 0.3 is 52.8 Å². The minimum Gasteiger partial charge on any atom is -0.743 e. The van der Waals surface area contributed by atoms with Crippen molar-refractivity contribution in [3.05, 3.63) is 0 Å². The maximum absolute atomic E-state index is 13.1. The van der Waals surface area contributed by atoms with Crippen LogP contribution in [0.15, 0.2) is 0 Å². The number of unbranched alkanes of at least 4 members (excludes halogenated alkanes) is 1. The van der Waals surface area contributed by atoms with Gasteiger partial charge in [0.25, 0.3) is 0 Å². The molecule has 0 aliphatic heterocycles. The first-order valence-electron chi connectivity index (χ1n) is 5.67. The molecule has 0 aromatic rings. The first-order valence-corrected chi connectivity index (χ1v) is 7.08. The Morgan fingerprint density at radius 3 is 1.62 bits per heavy atom. The average molecular weight is 410 g/mol. The van der Waals surface area contributed by atoms with Crippen molar-refractivity contribution in [2.45, 2.75) is 55.1 Å². The van der Waals surface area contributed by atoms with E-state index in [9.17, 15) is 56.9 Å². The molecule has 15 heteroatoms. The molecule has 0 bridgehead atoms. The first-order chi connectivity index (χ1) is 9.88. The van der Waals surface area contributed by atoms with Gasteiger partial charge in [-0.25, -0.2) is 12.8 Å². The van der Waals surface area contributed by atoms with Crippen molar-refractivity contribution in [2.24, 2.45) is 0 Å². The third-order valence-electron chi connectivity index (χ3n) is 2.66. The summed E-state index contributed by atoms with van der Waals surface area (Å²) >= 11 is 0.